The third kappa shape index (κ3) is 4.55. The molecule has 1 aromatic carbocycles. The number of benzene rings is 1. The fourth-order valence-electron chi connectivity index (χ4n) is 1.41. The van der Waals surface area contributed by atoms with Crippen LogP contribution in [-0.2, 0) is 4.79 Å². The lowest BCUT2D eigenvalue weighted by Gasteiger charge is -2.11. The first-order valence-electron chi connectivity index (χ1n) is 5.77. The van der Waals surface area contributed by atoms with Gasteiger partial charge in [-0.2, -0.15) is 0 Å². The Kier molecular flexibility index (Phi) is 5.82. The molecule has 1 aromatic rings. The summed E-state index contributed by atoms with van der Waals surface area (Å²) in [5, 5.41) is 2.70. The first kappa shape index (κ1) is 15.5. The molecular weight excluding hydrogens is 312 g/mol. The molecule has 19 heavy (non-hydrogen) atoms. The number of hydrogen-bond acceptors (Lipinski definition) is 3. The first-order valence-corrected chi connectivity index (χ1v) is 6.57. The maximum atomic E-state index is 12.0. The molecule has 0 unspecified atom stereocenters. The van der Waals surface area contributed by atoms with Gasteiger partial charge in [0.15, 0.2) is 0 Å². The number of carbonyl (C=O) groups excluding carboxylic acids is 2. The van der Waals surface area contributed by atoms with E-state index in [0.717, 1.165) is 0 Å². The highest BCUT2D eigenvalue weighted by atomic mass is 79.9. The van der Waals surface area contributed by atoms with Crippen LogP contribution in [0, 0.1) is 0 Å². The summed E-state index contributed by atoms with van der Waals surface area (Å²) >= 11 is 3.31. The van der Waals surface area contributed by atoms with Crippen molar-refractivity contribution in [2.45, 2.75) is 6.42 Å². The average Bonchev–Trinajstić information content (AvgIpc) is 2.38. The van der Waals surface area contributed by atoms with Crippen LogP contribution in [0.3, 0.4) is 0 Å². The summed E-state index contributed by atoms with van der Waals surface area (Å²) in [7, 11) is 4.91. The number of halogens is 1. The zero-order chi connectivity index (χ0) is 14.4. The van der Waals surface area contributed by atoms with Gasteiger partial charge in [0.25, 0.3) is 5.91 Å². The van der Waals surface area contributed by atoms with Gasteiger partial charge in [0, 0.05) is 31.5 Å². The molecular formula is C13H17BrN2O3. The summed E-state index contributed by atoms with van der Waals surface area (Å²) in [6.07, 6.45) is 0.278. The monoisotopic (exact) mass is 328 g/mol. The summed E-state index contributed by atoms with van der Waals surface area (Å²) in [5.74, 6) is 0.347. The molecule has 0 atom stereocenters. The standard InChI is InChI=1S/C13H17BrN2O3/c1-16(2)12(17)6-7-15-13(18)10-8-9(19-3)4-5-11(10)14/h4-5,8H,6-7H2,1-3H3,(H,15,18). The minimum Gasteiger partial charge on any atom is -0.497 e. The topological polar surface area (TPSA) is 58.6 Å². The Hall–Kier alpha value is -1.56. The number of nitrogens with zero attached hydrogens (tertiary/aromatic N) is 1. The minimum absolute atomic E-state index is 0.0231. The number of nitrogens with one attached hydrogen (secondary N) is 1. The van der Waals surface area contributed by atoms with Crippen molar-refractivity contribution in [2.75, 3.05) is 27.7 Å². The molecule has 0 aliphatic carbocycles. The van der Waals surface area contributed by atoms with Crippen molar-refractivity contribution in [2.24, 2.45) is 0 Å². The molecule has 0 aromatic heterocycles. The van der Waals surface area contributed by atoms with Gasteiger partial charge in [0.05, 0.1) is 12.7 Å². The summed E-state index contributed by atoms with van der Waals surface area (Å²) < 4.78 is 5.76. The van der Waals surface area contributed by atoms with Gasteiger partial charge < -0.3 is 15.0 Å². The molecule has 6 heteroatoms. The summed E-state index contributed by atoms with van der Waals surface area (Å²) in [5.41, 5.74) is 0.483. The SMILES string of the molecule is COc1ccc(Br)c(C(=O)NCCC(=O)N(C)C)c1. The third-order valence-electron chi connectivity index (χ3n) is 2.54. The van der Waals surface area contributed by atoms with E-state index in [1.807, 2.05) is 0 Å². The van der Waals surface area contributed by atoms with Crippen LogP contribution in [0.1, 0.15) is 16.8 Å². The van der Waals surface area contributed by atoms with Gasteiger partial charge in [-0.05, 0) is 34.1 Å². The molecule has 0 heterocycles. The van der Waals surface area contributed by atoms with Crippen LogP contribution in [-0.4, -0.2) is 44.5 Å². The second-order valence-corrected chi connectivity index (χ2v) is 4.99. The number of carbonyl (C=O) groups is 2. The molecule has 1 rings (SSSR count). The zero-order valence-electron chi connectivity index (χ0n) is 11.2. The molecule has 0 saturated heterocycles. The van der Waals surface area contributed by atoms with Crippen molar-refractivity contribution in [3.05, 3.63) is 28.2 Å². The molecule has 0 radical (unpaired) electrons. The Morgan fingerprint density at radius 2 is 2.05 bits per heavy atom. The molecule has 2 amide bonds. The van der Waals surface area contributed by atoms with Gasteiger partial charge in [-0.25, -0.2) is 0 Å². The van der Waals surface area contributed by atoms with Crippen molar-refractivity contribution in [1.82, 2.24) is 10.2 Å². The van der Waals surface area contributed by atoms with Gasteiger partial charge in [-0.15, -0.1) is 0 Å². The fraction of sp³-hybridized carbons (Fsp3) is 0.385. The van der Waals surface area contributed by atoms with E-state index in [4.69, 9.17) is 4.74 Å². The lowest BCUT2D eigenvalue weighted by molar-refractivity contribution is -0.128. The van der Waals surface area contributed by atoms with E-state index in [-0.39, 0.29) is 18.2 Å². The van der Waals surface area contributed by atoms with Crippen LogP contribution in [0.25, 0.3) is 0 Å². The Morgan fingerprint density at radius 1 is 1.37 bits per heavy atom. The predicted molar refractivity (Wildman–Crippen MR) is 76.3 cm³/mol. The minimum atomic E-state index is -0.239. The highest BCUT2D eigenvalue weighted by Gasteiger charge is 2.12. The molecule has 0 spiro atoms. The van der Waals surface area contributed by atoms with Gasteiger partial charge in [-0.1, -0.05) is 0 Å². The number of ether oxygens (including phenoxy) is 1. The Labute approximate surface area is 121 Å². The maximum Gasteiger partial charge on any atom is 0.252 e. The lowest BCUT2D eigenvalue weighted by Crippen LogP contribution is -2.30. The molecule has 0 aliphatic heterocycles. The normalized spacial score (nSPS) is 9.89. The van der Waals surface area contributed by atoms with E-state index in [1.165, 1.54) is 4.90 Å². The van der Waals surface area contributed by atoms with E-state index >= 15 is 0 Å². The van der Waals surface area contributed by atoms with Crippen molar-refractivity contribution in [3.63, 3.8) is 0 Å². The van der Waals surface area contributed by atoms with Crippen LogP contribution < -0.4 is 10.1 Å². The van der Waals surface area contributed by atoms with E-state index in [9.17, 15) is 9.59 Å². The second kappa shape index (κ2) is 7.13. The van der Waals surface area contributed by atoms with Crippen molar-refractivity contribution < 1.29 is 14.3 Å². The van der Waals surface area contributed by atoms with Crippen LogP contribution in [0.5, 0.6) is 5.75 Å². The van der Waals surface area contributed by atoms with Gasteiger partial charge in [0.2, 0.25) is 5.91 Å². The van der Waals surface area contributed by atoms with Crippen LogP contribution in [0.15, 0.2) is 22.7 Å². The van der Waals surface area contributed by atoms with Gasteiger partial charge in [-0.3, -0.25) is 9.59 Å². The molecule has 0 saturated carbocycles. The molecule has 0 aliphatic rings. The van der Waals surface area contributed by atoms with Crippen molar-refractivity contribution in [3.8, 4) is 5.75 Å². The summed E-state index contributed by atoms with van der Waals surface area (Å²) in [4.78, 5) is 24.8. The Bertz CT molecular complexity index is 475. The Balaban J connectivity index is 2.61. The van der Waals surface area contributed by atoms with Crippen molar-refractivity contribution >= 4 is 27.7 Å². The van der Waals surface area contributed by atoms with Crippen LogP contribution in [0.4, 0.5) is 0 Å². The number of rotatable bonds is 5. The number of methoxy groups -OCH3 is 1. The second-order valence-electron chi connectivity index (χ2n) is 4.14. The van der Waals surface area contributed by atoms with E-state index < -0.39 is 0 Å². The van der Waals surface area contributed by atoms with Crippen molar-refractivity contribution in [1.29, 1.82) is 0 Å². The molecule has 5 nitrogen and oxygen atoms in total. The van der Waals surface area contributed by atoms with Gasteiger partial charge >= 0.3 is 0 Å². The first-order chi connectivity index (χ1) is 8.95. The highest BCUT2D eigenvalue weighted by molar-refractivity contribution is 9.10. The third-order valence-corrected chi connectivity index (χ3v) is 3.23. The smallest absolute Gasteiger partial charge is 0.252 e. The maximum absolute atomic E-state index is 12.0. The lowest BCUT2D eigenvalue weighted by atomic mass is 10.2. The fourth-order valence-corrected chi connectivity index (χ4v) is 1.83. The van der Waals surface area contributed by atoms with Crippen LogP contribution >= 0.6 is 15.9 Å². The zero-order valence-corrected chi connectivity index (χ0v) is 12.8. The molecule has 0 bridgehead atoms. The predicted octanol–water partition coefficient (Wildman–Crippen LogP) is 1.67. The summed E-state index contributed by atoms with van der Waals surface area (Å²) in [6.45, 7) is 0.305. The quantitative estimate of drug-likeness (QED) is 0.894. The number of hydrogen-bond donors (Lipinski definition) is 1. The molecule has 0 fully saturated rings. The Morgan fingerprint density at radius 3 is 2.63 bits per heavy atom. The summed E-state index contributed by atoms with van der Waals surface area (Å²) in [6, 6.07) is 5.16. The molecule has 104 valence electrons. The van der Waals surface area contributed by atoms with Crippen LogP contribution in [0.2, 0.25) is 0 Å². The van der Waals surface area contributed by atoms with E-state index in [2.05, 4.69) is 21.2 Å². The van der Waals surface area contributed by atoms with E-state index in [1.54, 1.807) is 39.4 Å². The largest absolute Gasteiger partial charge is 0.497 e. The highest BCUT2D eigenvalue weighted by Crippen LogP contribution is 2.22. The van der Waals surface area contributed by atoms with Gasteiger partial charge in [0.1, 0.15) is 5.75 Å². The van der Waals surface area contributed by atoms with E-state index in [0.29, 0.717) is 22.3 Å². The average molecular weight is 329 g/mol. The number of amides is 2. The molecule has 1 N–H and O–H groups in total.